The second-order valence-electron chi connectivity index (χ2n) is 6.30. The maximum atomic E-state index is 13.1. The van der Waals surface area contributed by atoms with Crippen molar-refractivity contribution in [2.75, 3.05) is 20.7 Å². The molecule has 1 unspecified atom stereocenters. The van der Waals surface area contributed by atoms with Crippen LogP contribution < -0.4 is 14.9 Å². The molecule has 1 aromatic heterocycles. The quantitative estimate of drug-likeness (QED) is 0.729. The van der Waals surface area contributed by atoms with Crippen LogP contribution in [0.4, 0.5) is 0 Å². The highest BCUT2D eigenvalue weighted by Gasteiger charge is 2.33. The summed E-state index contributed by atoms with van der Waals surface area (Å²) in [6.07, 6.45) is 1.76. The minimum atomic E-state index is -0.609. The summed E-state index contributed by atoms with van der Waals surface area (Å²) in [7, 11) is 3.70. The highest BCUT2D eigenvalue weighted by molar-refractivity contribution is 7.07. The van der Waals surface area contributed by atoms with Crippen LogP contribution in [0.2, 0.25) is 5.02 Å². The van der Waals surface area contributed by atoms with Gasteiger partial charge in [0.2, 0.25) is 0 Å². The third-order valence-corrected chi connectivity index (χ3v) is 5.30. The normalized spacial score (nSPS) is 16.8. The molecular formula is C19H20ClN3O3S. The Balaban J connectivity index is 2.31. The molecule has 1 atom stereocenters. The molecule has 0 amide bonds. The van der Waals surface area contributed by atoms with Gasteiger partial charge in [-0.3, -0.25) is 9.36 Å². The number of hydrogen-bond donors (Lipinski definition) is 0. The number of esters is 1. The van der Waals surface area contributed by atoms with Crippen molar-refractivity contribution < 1.29 is 9.53 Å². The number of aromatic nitrogens is 1. The summed E-state index contributed by atoms with van der Waals surface area (Å²) < 4.78 is 7.35. The van der Waals surface area contributed by atoms with Crippen LogP contribution in [0.5, 0.6) is 0 Å². The summed E-state index contributed by atoms with van der Waals surface area (Å²) in [4.78, 5) is 32.6. The topological polar surface area (TPSA) is 63.9 Å². The molecule has 2 heterocycles. The van der Waals surface area contributed by atoms with E-state index < -0.39 is 12.0 Å². The monoisotopic (exact) mass is 405 g/mol. The third-order valence-electron chi connectivity index (χ3n) is 4.08. The van der Waals surface area contributed by atoms with Crippen molar-refractivity contribution in [3.63, 3.8) is 0 Å². The van der Waals surface area contributed by atoms with Crippen LogP contribution in [0.1, 0.15) is 25.5 Å². The molecule has 6 nitrogen and oxygen atoms in total. The standard InChI is InChI=1S/C19H20ClN3O3S/c1-5-26-18(25)15-11(2)21-19-23(17(24)14(27-19)10-22(3)4)16(15)12-6-8-13(20)9-7-12/h6-10,16H,5H2,1-4H3/b14-10+. The Kier molecular flexibility index (Phi) is 5.53. The van der Waals surface area contributed by atoms with Crippen LogP contribution in [0.25, 0.3) is 6.20 Å². The maximum Gasteiger partial charge on any atom is 0.338 e. The molecule has 0 spiro atoms. The maximum absolute atomic E-state index is 13.1. The number of nitrogens with zero attached hydrogens (tertiary/aromatic N) is 3. The van der Waals surface area contributed by atoms with Crippen molar-refractivity contribution in [3.05, 3.63) is 65.8 Å². The summed E-state index contributed by atoms with van der Waals surface area (Å²) >= 11 is 7.32. The van der Waals surface area contributed by atoms with Gasteiger partial charge in [0.05, 0.1) is 23.9 Å². The first-order valence-electron chi connectivity index (χ1n) is 8.45. The molecule has 0 radical (unpaired) electrons. The van der Waals surface area contributed by atoms with E-state index in [9.17, 15) is 9.59 Å². The third kappa shape index (κ3) is 3.70. The van der Waals surface area contributed by atoms with E-state index in [0.717, 1.165) is 5.56 Å². The van der Waals surface area contributed by atoms with Gasteiger partial charge in [0, 0.05) is 25.3 Å². The highest BCUT2D eigenvalue weighted by Crippen LogP contribution is 2.31. The zero-order valence-electron chi connectivity index (χ0n) is 15.5. The van der Waals surface area contributed by atoms with Crippen molar-refractivity contribution in [1.82, 2.24) is 9.47 Å². The molecule has 0 bridgehead atoms. The molecule has 0 saturated carbocycles. The molecule has 8 heteroatoms. The first kappa shape index (κ1) is 19.4. The van der Waals surface area contributed by atoms with E-state index in [1.807, 2.05) is 31.1 Å². The van der Waals surface area contributed by atoms with Gasteiger partial charge in [-0.25, -0.2) is 9.79 Å². The molecule has 1 aliphatic heterocycles. The molecule has 2 aromatic rings. The molecule has 142 valence electrons. The Morgan fingerprint density at radius 3 is 2.63 bits per heavy atom. The number of rotatable bonds is 4. The Bertz CT molecular complexity index is 1080. The number of thiazole rings is 1. The molecule has 0 saturated heterocycles. The SMILES string of the molecule is CCOC(=O)C1=C(C)N=c2s/c(=C/N(C)C)c(=O)n2C1c1ccc(Cl)cc1. The van der Waals surface area contributed by atoms with E-state index in [0.29, 0.717) is 25.6 Å². The fourth-order valence-corrected chi connectivity index (χ4v) is 4.22. The van der Waals surface area contributed by atoms with E-state index in [1.165, 1.54) is 11.3 Å². The molecule has 1 aliphatic rings. The number of hydrogen-bond acceptors (Lipinski definition) is 6. The second-order valence-corrected chi connectivity index (χ2v) is 7.75. The summed E-state index contributed by atoms with van der Waals surface area (Å²) in [5.74, 6) is -0.472. The summed E-state index contributed by atoms with van der Waals surface area (Å²) in [5.41, 5.74) is 1.49. The second kappa shape index (κ2) is 7.70. The number of benzene rings is 1. The fourth-order valence-electron chi connectivity index (χ4n) is 2.98. The average molecular weight is 406 g/mol. The number of carbonyl (C=O) groups is 1. The van der Waals surface area contributed by atoms with Crippen LogP contribution in [0.3, 0.4) is 0 Å². The summed E-state index contributed by atoms with van der Waals surface area (Å²) in [6.45, 7) is 3.75. The Hall–Kier alpha value is -2.38. The van der Waals surface area contributed by atoms with E-state index in [1.54, 1.807) is 36.7 Å². The zero-order valence-corrected chi connectivity index (χ0v) is 17.1. The number of carbonyl (C=O) groups excluding carboxylic acids is 1. The summed E-state index contributed by atoms with van der Waals surface area (Å²) in [5, 5.41) is 0.581. The van der Waals surface area contributed by atoms with Crippen LogP contribution in [-0.4, -0.2) is 36.1 Å². The van der Waals surface area contributed by atoms with E-state index in [2.05, 4.69) is 4.99 Å². The van der Waals surface area contributed by atoms with Gasteiger partial charge in [0.25, 0.3) is 5.56 Å². The van der Waals surface area contributed by atoms with E-state index in [-0.39, 0.29) is 12.2 Å². The van der Waals surface area contributed by atoms with Gasteiger partial charge in [-0.15, -0.1) is 0 Å². The van der Waals surface area contributed by atoms with Gasteiger partial charge in [-0.05, 0) is 31.5 Å². The van der Waals surface area contributed by atoms with E-state index >= 15 is 0 Å². The lowest BCUT2D eigenvalue weighted by molar-refractivity contribution is -0.139. The van der Waals surface area contributed by atoms with Crippen molar-refractivity contribution in [1.29, 1.82) is 0 Å². The lowest BCUT2D eigenvalue weighted by Gasteiger charge is -2.24. The molecule has 0 fully saturated rings. The molecule has 3 rings (SSSR count). The van der Waals surface area contributed by atoms with Crippen molar-refractivity contribution in [2.24, 2.45) is 4.99 Å². The number of halogens is 1. The minimum absolute atomic E-state index is 0.193. The van der Waals surface area contributed by atoms with Crippen LogP contribution in [-0.2, 0) is 9.53 Å². The fraction of sp³-hybridized carbons (Fsp3) is 0.316. The van der Waals surface area contributed by atoms with Crippen LogP contribution in [0.15, 0.2) is 45.3 Å². The summed E-state index contributed by atoms with van der Waals surface area (Å²) in [6, 6.07) is 6.50. The first-order valence-corrected chi connectivity index (χ1v) is 9.64. The highest BCUT2D eigenvalue weighted by atomic mass is 35.5. The lowest BCUT2D eigenvalue weighted by atomic mass is 9.96. The Morgan fingerprint density at radius 2 is 2.04 bits per heavy atom. The van der Waals surface area contributed by atoms with Gasteiger partial charge in [0.1, 0.15) is 4.53 Å². The largest absolute Gasteiger partial charge is 0.463 e. The van der Waals surface area contributed by atoms with Crippen molar-refractivity contribution in [2.45, 2.75) is 19.9 Å². The average Bonchev–Trinajstić information content (AvgIpc) is 2.89. The zero-order chi connectivity index (χ0) is 19.7. The van der Waals surface area contributed by atoms with Gasteiger partial charge < -0.3 is 9.64 Å². The van der Waals surface area contributed by atoms with E-state index in [4.69, 9.17) is 16.3 Å². The molecule has 1 aromatic carbocycles. The Labute approximate surface area is 165 Å². The molecule has 0 N–H and O–H groups in total. The smallest absolute Gasteiger partial charge is 0.338 e. The lowest BCUT2D eigenvalue weighted by Crippen LogP contribution is -2.40. The number of ether oxygens (including phenoxy) is 1. The van der Waals surface area contributed by atoms with Gasteiger partial charge in [-0.1, -0.05) is 35.1 Å². The van der Waals surface area contributed by atoms with Gasteiger partial charge in [0.15, 0.2) is 4.80 Å². The molecule has 0 aliphatic carbocycles. The van der Waals surface area contributed by atoms with Gasteiger partial charge >= 0.3 is 5.97 Å². The van der Waals surface area contributed by atoms with Crippen LogP contribution >= 0.6 is 22.9 Å². The van der Waals surface area contributed by atoms with Crippen LogP contribution in [0, 0.1) is 0 Å². The predicted molar refractivity (Wildman–Crippen MR) is 106 cm³/mol. The predicted octanol–water partition coefficient (Wildman–Crippen LogP) is 1.92. The van der Waals surface area contributed by atoms with Crippen molar-refractivity contribution >= 4 is 35.1 Å². The molecular weight excluding hydrogens is 386 g/mol. The van der Waals surface area contributed by atoms with Crippen molar-refractivity contribution in [3.8, 4) is 0 Å². The minimum Gasteiger partial charge on any atom is -0.463 e. The Morgan fingerprint density at radius 1 is 1.37 bits per heavy atom. The number of fused-ring (bicyclic) bond motifs is 1. The van der Waals surface area contributed by atoms with Gasteiger partial charge in [-0.2, -0.15) is 0 Å². The molecule has 27 heavy (non-hydrogen) atoms. The first-order chi connectivity index (χ1) is 12.8. The number of allylic oxidation sites excluding steroid dienone is 1.